The second-order valence-electron chi connectivity index (χ2n) is 6.83. The maximum atomic E-state index is 12.1. The van der Waals surface area contributed by atoms with Crippen molar-refractivity contribution in [1.82, 2.24) is 20.6 Å². The molecule has 0 aliphatic rings. The van der Waals surface area contributed by atoms with Gasteiger partial charge in [0, 0.05) is 24.3 Å². The van der Waals surface area contributed by atoms with Crippen LogP contribution in [0.2, 0.25) is 0 Å². The summed E-state index contributed by atoms with van der Waals surface area (Å²) in [5, 5.41) is 5.99. The summed E-state index contributed by atoms with van der Waals surface area (Å²) in [6.45, 7) is 13.3. The third-order valence-corrected chi connectivity index (χ3v) is 3.19. The van der Waals surface area contributed by atoms with Crippen molar-refractivity contribution in [2.24, 2.45) is 0 Å². The molecule has 0 fully saturated rings. The summed E-state index contributed by atoms with van der Waals surface area (Å²) in [4.78, 5) is 30.8. The van der Waals surface area contributed by atoms with E-state index in [-0.39, 0.29) is 17.6 Å². The molecule has 23 heavy (non-hydrogen) atoms. The average Bonchev–Trinajstić information content (AvgIpc) is 2.32. The normalized spacial score (nSPS) is 14.2. The molecule has 2 unspecified atom stereocenters. The predicted molar refractivity (Wildman–Crippen MR) is 89.6 cm³/mol. The minimum atomic E-state index is -0.525. The van der Waals surface area contributed by atoms with Crippen LogP contribution in [0.5, 0.6) is 0 Å². The van der Waals surface area contributed by atoms with E-state index < -0.39 is 11.7 Å². The lowest BCUT2D eigenvalue weighted by Gasteiger charge is -2.23. The van der Waals surface area contributed by atoms with Gasteiger partial charge in [0.1, 0.15) is 11.4 Å². The molecule has 0 saturated carbocycles. The Balaban J connectivity index is 2.58. The van der Waals surface area contributed by atoms with Gasteiger partial charge in [0.15, 0.2) is 0 Å². The molecule has 0 aliphatic heterocycles. The van der Waals surface area contributed by atoms with Gasteiger partial charge in [0.25, 0.3) is 5.56 Å². The highest BCUT2D eigenvalue weighted by Gasteiger charge is 2.19. The van der Waals surface area contributed by atoms with E-state index in [4.69, 9.17) is 4.74 Å². The summed E-state index contributed by atoms with van der Waals surface area (Å²) in [5.74, 6) is 0.600. The number of hydrogen-bond acceptors (Lipinski definition) is 5. The largest absolute Gasteiger partial charge is 0.444 e. The van der Waals surface area contributed by atoms with Gasteiger partial charge in [-0.05, 0) is 48.5 Å². The fourth-order valence-electron chi connectivity index (χ4n) is 2.26. The molecule has 7 heteroatoms. The van der Waals surface area contributed by atoms with Crippen LogP contribution in [-0.2, 0) is 4.74 Å². The zero-order chi connectivity index (χ0) is 17.8. The molecule has 0 saturated heterocycles. The van der Waals surface area contributed by atoms with Crippen LogP contribution in [0.3, 0.4) is 0 Å². The number of nitrogens with one attached hydrogen (secondary N) is 3. The molecule has 0 aromatic carbocycles. The molecule has 0 spiro atoms. The van der Waals surface area contributed by atoms with Crippen molar-refractivity contribution in [2.45, 2.75) is 66.2 Å². The van der Waals surface area contributed by atoms with Crippen LogP contribution in [0.1, 0.15) is 57.7 Å². The molecule has 1 amide bonds. The number of nitrogens with zero attached hydrogens (tertiary/aromatic N) is 1. The third-order valence-electron chi connectivity index (χ3n) is 3.19. The molecule has 0 aliphatic carbocycles. The molecule has 130 valence electrons. The first-order valence-corrected chi connectivity index (χ1v) is 7.80. The summed E-state index contributed by atoms with van der Waals surface area (Å²) in [7, 11) is 0. The number of amides is 1. The van der Waals surface area contributed by atoms with E-state index in [1.165, 1.54) is 0 Å². The van der Waals surface area contributed by atoms with Gasteiger partial charge >= 0.3 is 6.09 Å². The Kier molecular flexibility index (Phi) is 6.32. The van der Waals surface area contributed by atoms with Crippen molar-refractivity contribution in [3.63, 3.8) is 0 Å². The molecule has 0 bridgehead atoms. The first-order chi connectivity index (χ1) is 10.5. The summed E-state index contributed by atoms with van der Waals surface area (Å²) < 4.78 is 5.21. The summed E-state index contributed by atoms with van der Waals surface area (Å²) >= 11 is 0. The van der Waals surface area contributed by atoms with Crippen LogP contribution in [0.25, 0.3) is 0 Å². The fraction of sp³-hybridized carbons (Fsp3) is 0.688. The average molecular weight is 324 g/mol. The standard InChI is InChI=1S/C16H28N4O3/c1-9(18-15(22)23-16(5,6)7)8-17-10(2)13-11(3)19-12(4)20-14(13)21/h9-10,17H,8H2,1-7H3,(H,18,22)(H,19,20,21). The van der Waals surface area contributed by atoms with Crippen molar-refractivity contribution < 1.29 is 9.53 Å². The van der Waals surface area contributed by atoms with Crippen molar-refractivity contribution in [3.05, 3.63) is 27.4 Å². The lowest BCUT2D eigenvalue weighted by atomic mass is 10.1. The van der Waals surface area contributed by atoms with Gasteiger partial charge in [-0.2, -0.15) is 0 Å². The number of aryl methyl sites for hydroxylation is 2. The number of aromatic amines is 1. The Labute approximate surface area is 137 Å². The zero-order valence-corrected chi connectivity index (χ0v) is 15.0. The van der Waals surface area contributed by atoms with Gasteiger partial charge in [-0.15, -0.1) is 0 Å². The van der Waals surface area contributed by atoms with Crippen molar-refractivity contribution in [3.8, 4) is 0 Å². The van der Waals surface area contributed by atoms with Crippen LogP contribution < -0.4 is 16.2 Å². The number of hydrogen-bond donors (Lipinski definition) is 3. The summed E-state index contributed by atoms with van der Waals surface area (Å²) in [5.41, 5.74) is 0.657. The SMILES string of the molecule is Cc1nc(C)c(C(C)NCC(C)NC(=O)OC(C)(C)C)c(=O)[nH]1. The van der Waals surface area contributed by atoms with E-state index >= 15 is 0 Å². The highest BCUT2D eigenvalue weighted by Crippen LogP contribution is 2.11. The van der Waals surface area contributed by atoms with Gasteiger partial charge in [0.2, 0.25) is 0 Å². The number of ether oxygens (including phenoxy) is 1. The molecule has 3 N–H and O–H groups in total. The van der Waals surface area contributed by atoms with Gasteiger partial charge in [-0.1, -0.05) is 0 Å². The lowest BCUT2D eigenvalue weighted by molar-refractivity contribution is 0.0507. The lowest BCUT2D eigenvalue weighted by Crippen LogP contribution is -2.43. The topological polar surface area (TPSA) is 96.1 Å². The highest BCUT2D eigenvalue weighted by atomic mass is 16.6. The second-order valence-corrected chi connectivity index (χ2v) is 6.83. The van der Waals surface area contributed by atoms with Gasteiger partial charge in [-0.25, -0.2) is 9.78 Å². The number of alkyl carbamates (subject to hydrolysis) is 1. The Morgan fingerprint density at radius 2 is 1.91 bits per heavy atom. The number of carbonyl (C=O) groups is 1. The van der Waals surface area contributed by atoms with E-state index in [0.29, 0.717) is 23.6 Å². The number of carbonyl (C=O) groups excluding carboxylic acids is 1. The van der Waals surface area contributed by atoms with Crippen LogP contribution in [0, 0.1) is 13.8 Å². The predicted octanol–water partition coefficient (Wildman–Crippen LogP) is 1.95. The Hall–Kier alpha value is -1.89. The third kappa shape index (κ3) is 6.40. The first kappa shape index (κ1) is 19.2. The Morgan fingerprint density at radius 3 is 2.43 bits per heavy atom. The number of aromatic nitrogens is 2. The molecule has 0 radical (unpaired) electrons. The molecule has 1 heterocycles. The molecule has 1 aromatic heterocycles. The molecule has 1 rings (SSSR count). The molecule has 1 aromatic rings. The van der Waals surface area contributed by atoms with E-state index in [2.05, 4.69) is 20.6 Å². The Bertz CT molecular complexity index is 604. The Morgan fingerprint density at radius 1 is 1.30 bits per heavy atom. The van der Waals surface area contributed by atoms with Gasteiger partial charge < -0.3 is 20.4 Å². The van der Waals surface area contributed by atoms with Crippen LogP contribution >= 0.6 is 0 Å². The van der Waals surface area contributed by atoms with Crippen molar-refractivity contribution >= 4 is 6.09 Å². The summed E-state index contributed by atoms with van der Waals surface area (Å²) in [6, 6.07) is -0.306. The van der Waals surface area contributed by atoms with E-state index in [9.17, 15) is 9.59 Å². The van der Waals surface area contributed by atoms with Crippen molar-refractivity contribution in [1.29, 1.82) is 0 Å². The first-order valence-electron chi connectivity index (χ1n) is 7.80. The van der Waals surface area contributed by atoms with Crippen LogP contribution in [-0.4, -0.2) is 34.2 Å². The van der Waals surface area contributed by atoms with E-state index in [1.807, 2.05) is 41.5 Å². The van der Waals surface area contributed by atoms with E-state index in [0.717, 1.165) is 0 Å². The molecular weight excluding hydrogens is 296 g/mol. The van der Waals surface area contributed by atoms with Crippen LogP contribution in [0.15, 0.2) is 4.79 Å². The molecule has 7 nitrogen and oxygen atoms in total. The maximum absolute atomic E-state index is 12.1. The quantitative estimate of drug-likeness (QED) is 0.769. The van der Waals surface area contributed by atoms with Gasteiger partial charge in [0.05, 0.1) is 5.56 Å². The maximum Gasteiger partial charge on any atom is 0.407 e. The summed E-state index contributed by atoms with van der Waals surface area (Å²) in [6.07, 6.45) is -0.453. The molecule has 2 atom stereocenters. The zero-order valence-electron chi connectivity index (χ0n) is 15.0. The second kappa shape index (κ2) is 7.59. The minimum absolute atomic E-state index is 0.134. The monoisotopic (exact) mass is 324 g/mol. The van der Waals surface area contributed by atoms with Crippen molar-refractivity contribution in [2.75, 3.05) is 6.54 Å². The van der Waals surface area contributed by atoms with Gasteiger partial charge in [-0.3, -0.25) is 4.79 Å². The van der Waals surface area contributed by atoms with Crippen LogP contribution in [0.4, 0.5) is 4.79 Å². The number of H-pyrrole nitrogens is 1. The smallest absolute Gasteiger partial charge is 0.407 e. The minimum Gasteiger partial charge on any atom is -0.444 e. The van der Waals surface area contributed by atoms with E-state index in [1.54, 1.807) is 6.92 Å². The number of rotatable bonds is 5. The molecular formula is C16H28N4O3. The highest BCUT2D eigenvalue weighted by molar-refractivity contribution is 5.68. The fourth-order valence-corrected chi connectivity index (χ4v) is 2.26.